The molecule has 1 atom stereocenters. The third kappa shape index (κ3) is 5.04. The molecule has 0 heterocycles. The van der Waals surface area contributed by atoms with E-state index in [2.05, 4.69) is 44.1 Å². The van der Waals surface area contributed by atoms with E-state index in [0.717, 1.165) is 22.3 Å². The molecule has 0 aromatic heterocycles. The monoisotopic (exact) mass is 495 g/mol. The summed E-state index contributed by atoms with van der Waals surface area (Å²) >= 11 is 0. The lowest BCUT2D eigenvalue weighted by molar-refractivity contribution is -0.118. The molecule has 0 aliphatic heterocycles. The maximum absolute atomic E-state index is 14.8. The van der Waals surface area contributed by atoms with E-state index in [4.69, 9.17) is 9.47 Å². The first-order valence-electron chi connectivity index (χ1n) is 12.5. The lowest BCUT2D eigenvalue weighted by atomic mass is 9.82. The van der Waals surface area contributed by atoms with Crippen molar-refractivity contribution < 1.29 is 18.7 Å². The van der Waals surface area contributed by atoms with Gasteiger partial charge in [-0.25, -0.2) is 4.39 Å². The van der Waals surface area contributed by atoms with E-state index in [1.807, 2.05) is 25.1 Å². The number of benzene rings is 3. The van der Waals surface area contributed by atoms with E-state index < -0.39 is 0 Å². The van der Waals surface area contributed by atoms with Gasteiger partial charge >= 0.3 is 0 Å². The number of hydrogen-bond donors (Lipinski definition) is 0. The highest BCUT2D eigenvalue weighted by Gasteiger charge is 2.33. The SMILES string of the molecule is CCC(=O)N(Cc1ccc(OC)cc1OC)c1ccc(F)cc1[C@H](C1=C[CH]1)c1cccc(C)c1C1=C[CH]1. The summed E-state index contributed by atoms with van der Waals surface area (Å²) < 4.78 is 25.8. The molecule has 0 spiro atoms. The summed E-state index contributed by atoms with van der Waals surface area (Å²) in [5.74, 6) is 0.721. The highest BCUT2D eigenvalue weighted by atomic mass is 19.1. The molecule has 0 fully saturated rings. The molecular weight excluding hydrogens is 465 g/mol. The van der Waals surface area contributed by atoms with Gasteiger partial charge in [0.15, 0.2) is 0 Å². The van der Waals surface area contributed by atoms with Crippen LogP contribution in [0.25, 0.3) is 5.57 Å². The van der Waals surface area contributed by atoms with Crippen molar-refractivity contribution in [1.29, 1.82) is 0 Å². The fourth-order valence-corrected chi connectivity index (χ4v) is 4.95. The van der Waals surface area contributed by atoms with Gasteiger partial charge in [-0.15, -0.1) is 0 Å². The van der Waals surface area contributed by atoms with E-state index in [9.17, 15) is 9.18 Å². The minimum Gasteiger partial charge on any atom is -0.497 e. The first-order chi connectivity index (χ1) is 17.9. The van der Waals surface area contributed by atoms with Crippen LogP contribution in [0.4, 0.5) is 10.1 Å². The summed E-state index contributed by atoms with van der Waals surface area (Å²) in [7, 11) is 3.20. The number of allylic oxidation sites excluding steroid dienone is 4. The Morgan fingerprint density at radius 2 is 1.76 bits per heavy atom. The Bertz CT molecular complexity index is 1420. The van der Waals surface area contributed by atoms with Gasteiger partial charge in [0.25, 0.3) is 0 Å². The summed E-state index contributed by atoms with van der Waals surface area (Å²) in [5, 5.41) is 0. The molecule has 0 saturated carbocycles. The standard InChI is InChI=1S/C32H30FNO3/c1-5-30(35)34(19-23-13-15-25(36-3)18-29(23)37-4)28-16-14-24(33)17-27(28)32(22-11-12-22)26-8-6-7-20(2)31(26)21-9-10-21/h6-18,32H,5,19H2,1-4H3/t32-/m1/s1. The van der Waals surface area contributed by atoms with Crippen molar-refractivity contribution in [1.82, 2.24) is 0 Å². The molecule has 5 heteroatoms. The summed E-state index contributed by atoms with van der Waals surface area (Å²) in [4.78, 5) is 15.1. The molecule has 0 bridgehead atoms. The van der Waals surface area contributed by atoms with Gasteiger partial charge in [0, 0.05) is 42.5 Å². The smallest absolute Gasteiger partial charge is 0.227 e. The van der Waals surface area contributed by atoms with Gasteiger partial charge < -0.3 is 14.4 Å². The molecule has 0 unspecified atom stereocenters. The second-order valence-corrected chi connectivity index (χ2v) is 9.31. The van der Waals surface area contributed by atoms with Crippen LogP contribution in [0.5, 0.6) is 11.5 Å². The molecular formula is C32H30FNO3. The van der Waals surface area contributed by atoms with Crippen LogP contribution in [0.1, 0.15) is 47.1 Å². The van der Waals surface area contributed by atoms with Crippen LogP contribution in [0.15, 0.2) is 72.3 Å². The Hall–Kier alpha value is -3.86. The average molecular weight is 496 g/mol. The summed E-state index contributed by atoms with van der Waals surface area (Å²) in [6.07, 6.45) is 8.64. The number of halogens is 1. The zero-order chi connectivity index (χ0) is 26.1. The Labute approximate surface area is 218 Å². The minimum atomic E-state index is -0.331. The second kappa shape index (κ2) is 10.3. The number of carbonyl (C=O) groups excluding carboxylic acids is 1. The van der Waals surface area contributed by atoms with Gasteiger partial charge in [-0.05, 0) is 65.1 Å². The molecule has 3 aromatic carbocycles. The van der Waals surface area contributed by atoms with Crippen LogP contribution in [-0.4, -0.2) is 20.1 Å². The lowest BCUT2D eigenvalue weighted by Crippen LogP contribution is -2.31. The van der Waals surface area contributed by atoms with Crippen LogP contribution in [0, 0.1) is 25.6 Å². The molecule has 2 aliphatic rings. The zero-order valence-electron chi connectivity index (χ0n) is 21.5. The fourth-order valence-electron chi connectivity index (χ4n) is 4.95. The van der Waals surface area contributed by atoms with Gasteiger partial charge in [0.05, 0.1) is 20.8 Å². The molecule has 188 valence electrons. The normalized spacial score (nSPS) is 14.4. The predicted molar refractivity (Wildman–Crippen MR) is 145 cm³/mol. The number of hydrogen-bond acceptors (Lipinski definition) is 3. The number of methoxy groups -OCH3 is 2. The maximum Gasteiger partial charge on any atom is 0.227 e. The molecule has 3 aromatic rings. The fraction of sp³-hybridized carbons (Fsp3) is 0.219. The second-order valence-electron chi connectivity index (χ2n) is 9.31. The summed E-state index contributed by atoms with van der Waals surface area (Å²) in [6.45, 7) is 4.23. The Balaban J connectivity index is 1.64. The molecule has 5 rings (SSSR count). The number of rotatable bonds is 10. The average Bonchev–Trinajstić information content (AvgIpc) is 3.83. The van der Waals surface area contributed by atoms with Crippen molar-refractivity contribution in [3.8, 4) is 11.5 Å². The van der Waals surface area contributed by atoms with Crippen LogP contribution in [-0.2, 0) is 11.3 Å². The number of ether oxygens (including phenoxy) is 2. The highest BCUT2D eigenvalue weighted by Crippen LogP contribution is 2.48. The van der Waals surface area contributed by atoms with Gasteiger partial charge in [0.1, 0.15) is 17.3 Å². The largest absolute Gasteiger partial charge is 0.497 e. The zero-order valence-corrected chi connectivity index (χ0v) is 21.5. The maximum atomic E-state index is 14.8. The number of nitrogens with zero attached hydrogens (tertiary/aromatic N) is 1. The van der Waals surface area contributed by atoms with Crippen molar-refractivity contribution in [2.75, 3.05) is 19.1 Å². The van der Waals surface area contributed by atoms with Crippen molar-refractivity contribution >= 4 is 17.2 Å². The van der Waals surface area contributed by atoms with Gasteiger partial charge in [-0.2, -0.15) is 0 Å². The van der Waals surface area contributed by atoms with Crippen molar-refractivity contribution in [2.24, 2.45) is 0 Å². The van der Waals surface area contributed by atoms with Crippen molar-refractivity contribution in [3.63, 3.8) is 0 Å². The predicted octanol–water partition coefficient (Wildman–Crippen LogP) is 6.97. The highest BCUT2D eigenvalue weighted by molar-refractivity contribution is 5.95. The number of carbonyl (C=O) groups is 1. The molecule has 0 N–H and O–H groups in total. The van der Waals surface area contributed by atoms with E-state index in [1.165, 1.54) is 22.8 Å². The summed E-state index contributed by atoms with van der Waals surface area (Å²) in [6, 6.07) is 16.5. The van der Waals surface area contributed by atoms with Crippen molar-refractivity contribution in [3.05, 3.63) is 119 Å². The molecule has 2 aliphatic carbocycles. The summed E-state index contributed by atoms with van der Waals surface area (Å²) in [5.41, 5.74) is 8.06. The van der Waals surface area contributed by atoms with Crippen LogP contribution >= 0.6 is 0 Å². The first-order valence-corrected chi connectivity index (χ1v) is 12.5. The third-order valence-corrected chi connectivity index (χ3v) is 6.95. The van der Waals surface area contributed by atoms with Gasteiger partial charge in [-0.1, -0.05) is 42.8 Å². The van der Waals surface area contributed by atoms with Gasteiger partial charge in [-0.3, -0.25) is 4.79 Å². The Morgan fingerprint density at radius 1 is 0.973 bits per heavy atom. The quantitative estimate of drug-likeness (QED) is 0.305. The topological polar surface area (TPSA) is 38.8 Å². The number of anilines is 1. The van der Waals surface area contributed by atoms with Crippen LogP contribution in [0.2, 0.25) is 0 Å². The lowest BCUT2D eigenvalue weighted by Gasteiger charge is -2.29. The molecule has 37 heavy (non-hydrogen) atoms. The van der Waals surface area contributed by atoms with E-state index in [-0.39, 0.29) is 24.2 Å². The molecule has 4 nitrogen and oxygen atoms in total. The molecule has 2 radical (unpaired) electrons. The van der Waals surface area contributed by atoms with Crippen LogP contribution < -0.4 is 14.4 Å². The molecule has 0 saturated heterocycles. The molecule has 1 amide bonds. The van der Waals surface area contributed by atoms with E-state index >= 15 is 0 Å². The Morgan fingerprint density at radius 3 is 2.41 bits per heavy atom. The minimum absolute atomic E-state index is 0.0547. The third-order valence-electron chi connectivity index (χ3n) is 6.95. The van der Waals surface area contributed by atoms with E-state index in [0.29, 0.717) is 23.6 Å². The van der Waals surface area contributed by atoms with Crippen molar-refractivity contribution in [2.45, 2.75) is 32.7 Å². The van der Waals surface area contributed by atoms with Gasteiger partial charge in [0.2, 0.25) is 5.91 Å². The number of amides is 1. The van der Waals surface area contributed by atoms with E-state index in [1.54, 1.807) is 37.3 Å². The first kappa shape index (κ1) is 24.8. The number of aryl methyl sites for hydroxylation is 1. The Kier molecular flexibility index (Phi) is 6.88. The van der Waals surface area contributed by atoms with Crippen LogP contribution in [0.3, 0.4) is 0 Å².